The molecule has 2 aromatic rings. The van der Waals surface area contributed by atoms with Crippen molar-refractivity contribution < 1.29 is 19.0 Å². The Balaban J connectivity index is 2.10. The van der Waals surface area contributed by atoms with Crippen LogP contribution < -0.4 is 4.74 Å². The summed E-state index contributed by atoms with van der Waals surface area (Å²) in [6.45, 7) is 0.249. The topological polar surface area (TPSA) is 46.5 Å². The molecule has 1 N–H and O–H groups in total. The van der Waals surface area contributed by atoms with E-state index in [4.69, 9.17) is 9.84 Å². The lowest BCUT2D eigenvalue weighted by Crippen LogP contribution is -2.00. The Bertz CT molecular complexity index is 659. The van der Waals surface area contributed by atoms with Crippen molar-refractivity contribution in [3.63, 3.8) is 0 Å². The van der Waals surface area contributed by atoms with Crippen LogP contribution in [0.3, 0.4) is 0 Å². The SMILES string of the molecule is O=C(O)c1ccc(COc2ccc(F)c(Br)c2)c(Br)c1. The minimum atomic E-state index is -0.986. The molecule has 0 bridgehead atoms. The van der Waals surface area contributed by atoms with Gasteiger partial charge < -0.3 is 9.84 Å². The molecule has 0 saturated heterocycles. The van der Waals surface area contributed by atoms with Crippen molar-refractivity contribution in [2.24, 2.45) is 0 Å². The number of rotatable bonds is 4. The molecule has 0 atom stereocenters. The van der Waals surface area contributed by atoms with E-state index in [1.807, 2.05) is 0 Å². The Morgan fingerprint density at radius 3 is 2.50 bits per heavy atom. The van der Waals surface area contributed by atoms with E-state index in [1.54, 1.807) is 6.07 Å². The molecule has 0 heterocycles. The predicted octanol–water partition coefficient (Wildman–Crippen LogP) is 4.63. The summed E-state index contributed by atoms with van der Waals surface area (Å²) < 4.78 is 19.6. The van der Waals surface area contributed by atoms with Gasteiger partial charge in [-0.15, -0.1) is 0 Å². The average Bonchev–Trinajstić information content (AvgIpc) is 2.41. The lowest BCUT2D eigenvalue weighted by molar-refractivity contribution is 0.0696. The lowest BCUT2D eigenvalue weighted by Gasteiger charge is -2.09. The van der Waals surface area contributed by atoms with Gasteiger partial charge in [-0.05, 0) is 46.3 Å². The summed E-state index contributed by atoms with van der Waals surface area (Å²) in [6, 6.07) is 9.07. The smallest absolute Gasteiger partial charge is 0.335 e. The van der Waals surface area contributed by atoms with E-state index in [1.165, 1.54) is 30.3 Å². The fourth-order valence-corrected chi connectivity index (χ4v) is 2.38. The van der Waals surface area contributed by atoms with Gasteiger partial charge in [0.25, 0.3) is 0 Å². The van der Waals surface area contributed by atoms with Gasteiger partial charge in [0.1, 0.15) is 18.2 Å². The van der Waals surface area contributed by atoms with Crippen LogP contribution in [0, 0.1) is 5.82 Å². The fraction of sp³-hybridized carbons (Fsp3) is 0.0714. The zero-order valence-electron chi connectivity index (χ0n) is 10.1. The van der Waals surface area contributed by atoms with Crippen molar-refractivity contribution in [1.29, 1.82) is 0 Å². The summed E-state index contributed by atoms with van der Waals surface area (Å²) >= 11 is 6.39. The predicted molar refractivity (Wildman–Crippen MR) is 79.5 cm³/mol. The first-order valence-electron chi connectivity index (χ1n) is 5.57. The Labute approximate surface area is 131 Å². The van der Waals surface area contributed by atoms with Crippen LogP contribution in [0.25, 0.3) is 0 Å². The first kappa shape index (κ1) is 15.0. The van der Waals surface area contributed by atoms with Crippen LogP contribution >= 0.6 is 31.9 Å². The van der Waals surface area contributed by atoms with E-state index in [2.05, 4.69) is 31.9 Å². The summed E-state index contributed by atoms with van der Waals surface area (Å²) in [7, 11) is 0. The number of hydrogen-bond acceptors (Lipinski definition) is 2. The lowest BCUT2D eigenvalue weighted by atomic mass is 10.1. The molecule has 0 aliphatic heterocycles. The number of halogens is 3. The summed E-state index contributed by atoms with van der Waals surface area (Å²) in [6.07, 6.45) is 0. The Kier molecular flexibility index (Phi) is 4.77. The standard InChI is InChI=1S/C14H9Br2FO3/c15-11-5-8(14(18)19)1-2-9(11)7-20-10-3-4-13(17)12(16)6-10/h1-6H,7H2,(H,18,19). The highest BCUT2D eigenvalue weighted by molar-refractivity contribution is 9.10. The van der Waals surface area contributed by atoms with Crippen molar-refractivity contribution in [2.45, 2.75) is 6.61 Å². The summed E-state index contributed by atoms with van der Waals surface area (Å²) in [5.41, 5.74) is 1.00. The highest BCUT2D eigenvalue weighted by Gasteiger charge is 2.08. The van der Waals surface area contributed by atoms with Crippen molar-refractivity contribution in [1.82, 2.24) is 0 Å². The maximum atomic E-state index is 13.1. The number of carbonyl (C=O) groups is 1. The molecule has 2 aromatic carbocycles. The second kappa shape index (κ2) is 6.37. The van der Waals surface area contributed by atoms with E-state index < -0.39 is 5.97 Å². The normalized spacial score (nSPS) is 10.3. The second-order valence-corrected chi connectivity index (χ2v) is 5.68. The molecular weight excluding hydrogens is 395 g/mol. The van der Waals surface area contributed by atoms with Crippen LogP contribution in [0.5, 0.6) is 5.75 Å². The molecule has 0 aliphatic rings. The van der Waals surface area contributed by atoms with Crippen molar-refractivity contribution in [3.05, 3.63) is 62.3 Å². The van der Waals surface area contributed by atoms with Crippen LogP contribution in [0.1, 0.15) is 15.9 Å². The van der Waals surface area contributed by atoms with Gasteiger partial charge >= 0.3 is 5.97 Å². The monoisotopic (exact) mass is 402 g/mol. The highest BCUT2D eigenvalue weighted by Crippen LogP contribution is 2.24. The van der Waals surface area contributed by atoms with Gasteiger partial charge in [0, 0.05) is 10.0 Å². The van der Waals surface area contributed by atoms with Gasteiger partial charge in [-0.1, -0.05) is 22.0 Å². The number of carboxylic acids is 1. The Morgan fingerprint density at radius 2 is 1.90 bits per heavy atom. The van der Waals surface area contributed by atoms with E-state index >= 15 is 0 Å². The quantitative estimate of drug-likeness (QED) is 0.809. The molecule has 2 rings (SSSR count). The van der Waals surface area contributed by atoms with Crippen molar-refractivity contribution >= 4 is 37.8 Å². The zero-order valence-corrected chi connectivity index (χ0v) is 13.2. The third kappa shape index (κ3) is 3.58. The van der Waals surface area contributed by atoms with Gasteiger partial charge in [0.05, 0.1) is 10.0 Å². The van der Waals surface area contributed by atoms with Gasteiger partial charge in [-0.25, -0.2) is 9.18 Å². The highest BCUT2D eigenvalue weighted by atomic mass is 79.9. The average molecular weight is 404 g/mol. The van der Waals surface area contributed by atoms with Crippen LogP contribution in [0.15, 0.2) is 45.3 Å². The van der Waals surface area contributed by atoms with Crippen molar-refractivity contribution in [3.8, 4) is 5.75 Å². The van der Waals surface area contributed by atoms with E-state index in [9.17, 15) is 9.18 Å². The molecule has 0 saturated carbocycles. The molecule has 0 aliphatic carbocycles. The minimum Gasteiger partial charge on any atom is -0.489 e. The third-order valence-corrected chi connectivity index (χ3v) is 3.93. The second-order valence-electron chi connectivity index (χ2n) is 3.98. The molecule has 0 aromatic heterocycles. The van der Waals surface area contributed by atoms with Gasteiger partial charge in [-0.3, -0.25) is 0 Å². The number of ether oxygens (including phenoxy) is 1. The van der Waals surface area contributed by atoms with Gasteiger partial charge in [-0.2, -0.15) is 0 Å². The minimum absolute atomic E-state index is 0.199. The molecule has 0 spiro atoms. The molecule has 0 radical (unpaired) electrons. The summed E-state index contributed by atoms with van der Waals surface area (Å²) in [5.74, 6) is -0.822. The van der Waals surface area contributed by atoms with Crippen molar-refractivity contribution in [2.75, 3.05) is 0 Å². The first-order chi connectivity index (χ1) is 9.47. The molecule has 20 heavy (non-hydrogen) atoms. The van der Waals surface area contributed by atoms with E-state index in [0.717, 1.165) is 5.56 Å². The zero-order chi connectivity index (χ0) is 14.7. The fourth-order valence-electron chi connectivity index (χ4n) is 1.53. The maximum absolute atomic E-state index is 13.1. The van der Waals surface area contributed by atoms with Gasteiger partial charge in [0.2, 0.25) is 0 Å². The van der Waals surface area contributed by atoms with Crippen LogP contribution in [-0.4, -0.2) is 11.1 Å². The van der Waals surface area contributed by atoms with Gasteiger partial charge in [0.15, 0.2) is 0 Å². The van der Waals surface area contributed by atoms with E-state index in [-0.39, 0.29) is 18.0 Å². The van der Waals surface area contributed by atoms with E-state index in [0.29, 0.717) is 14.7 Å². The number of aromatic carboxylic acids is 1. The molecule has 0 unspecified atom stereocenters. The molecule has 3 nitrogen and oxygen atoms in total. The summed E-state index contributed by atoms with van der Waals surface area (Å²) in [5, 5.41) is 8.87. The number of benzene rings is 2. The Hall–Kier alpha value is -1.40. The molecular formula is C14H9Br2FO3. The van der Waals surface area contributed by atoms with Crippen LogP contribution in [0.4, 0.5) is 4.39 Å². The molecule has 0 amide bonds. The van der Waals surface area contributed by atoms with Crippen LogP contribution in [-0.2, 0) is 6.61 Å². The summed E-state index contributed by atoms with van der Waals surface area (Å²) in [4.78, 5) is 10.8. The number of carboxylic acid groups (broad SMARTS) is 1. The van der Waals surface area contributed by atoms with Crippen LogP contribution in [0.2, 0.25) is 0 Å². The largest absolute Gasteiger partial charge is 0.489 e. The Morgan fingerprint density at radius 1 is 1.15 bits per heavy atom. The third-order valence-electron chi connectivity index (χ3n) is 2.59. The molecule has 104 valence electrons. The first-order valence-corrected chi connectivity index (χ1v) is 7.15. The molecule has 6 heteroatoms. The number of hydrogen-bond donors (Lipinski definition) is 1. The molecule has 0 fully saturated rings. The maximum Gasteiger partial charge on any atom is 0.335 e.